The van der Waals surface area contributed by atoms with E-state index in [1.54, 1.807) is 0 Å². The zero-order valence-electron chi connectivity index (χ0n) is 14.9. The number of amidine groups is 1. The van der Waals surface area contributed by atoms with Crippen LogP contribution in [0.3, 0.4) is 0 Å². The highest BCUT2D eigenvalue weighted by Crippen LogP contribution is 2.20. The molecule has 0 aliphatic carbocycles. The van der Waals surface area contributed by atoms with E-state index in [0.717, 1.165) is 6.07 Å². The van der Waals surface area contributed by atoms with Crippen molar-refractivity contribution in [3.63, 3.8) is 0 Å². The number of nitrogens with zero attached hydrogens (tertiary/aromatic N) is 3. The normalized spacial score (nSPS) is 18.6. The molecule has 1 saturated heterocycles. The van der Waals surface area contributed by atoms with Gasteiger partial charge in [0.25, 0.3) is 5.88 Å². The molecule has 1 aliphatic heterocycles. The lowest BCUT2D eigenvalue weighted by Crippen LogP contribution is -2.40. The zero-order valence-corrected chi connectivity index (χ0v) is 15.7. The fourth-order valence-electron chi connectivity index (χ4n) is 2.56. The number of benzene rings is 1. The summed E-state index contributed by atoms with van der Waals surface area (Å²) in [7, 11) is 0. The predicted octanol–water partition coefficient (Wildman–Crippen LogP) is 0.425. The summed E-state index contributed by atoms with van der Waals surface area (Å²) >= 11 is 5.62. The van der Waals surface area contributed by atoms with Gasteiger partial charge in [0.2, 0.25) is 5.69 Å². The van der Waals surface area contributed by atoms with Crippen LogP contribution in [0.2, 0.25) is 5.02 Å². The van der Waals surface area contributed by atoms with Gasteiger partial charge in [0.05, 0.1) is 36.9 Å². The van der Waals surface area contributed by atoms with Crippen LogP contribution in [0, 0.1) is 11.2 Å². The van der Waals surface area contributed by atoms with Gasteiger partial charge in [0.15, 0.2) is 5.84 Å². The molecule has 2 heterocycles. The minimum Gasteiger partial charge on any atom is -0.472 e. The highest BCUT2D eigenvalue weighted by Gasteiger charge is 2.32. The van der Waals surface area contributed by atoms with Gasteiger partial charge in [-0.05, 0) is 28.5 Å². The number of halogens is 2. The summed E-state index contributed by atoms with van der Waals surface area (Å²) < 4.78 is 23.4. The van der Waals surface area contributed by atoms with Crippen LogP contribution in [-0.4, -0.2) is 75.7 Å². The minimum absolute atomic E-state index is 0.00520. The average Bonchev–Trinajstić information content (AvgIpc) is 3.28. The van der Waals surface area contributed by atoms with Crippen molar-refractivity contribution in [2.45, 2.75) is 12.2 Å². The van der Waals surface area contributed by atoms with Gasteiger partial charge >= 0.3 is 6.03 Å². The zero-order chi connectivity index (χ0) is 21.0. The standard InChI is InChI=1S/C16H18ClFN6O5/c17-9-2-1-8(5-10(9)18)21-14(19)13-15(23-29-22-13)28-4-3-20-16(27)24-6-11(25)12(26)7-24/h1-2,5,11-12,25-26H,3-4,6-7H2,(H2,19,21)(H,20,27)/t11-,12+. The molecule has 5 N–H and O–H groups in total. The molecule has 1 aromatic heterocycles. The van der Waals surface area contributed by atoms with Gasteiger partial charge in [-0.3, -0.25) is 5.41 Å². The number of β-amino-alcohol motifs (C(OH)–C–C–N with tert-alkyl or cyclic N) is 2. The molecule has 3 rings (SSSR count). The van der Waals surface area contributed by atoms with Crippen LogP contribution < -0.4 is 15.4 Å². The first-order valence-corrected chi connectivity index (χ1v) is 8.88. The molecular formula is C16H18ClFN6O5. The molecule has 0 bridgehead atoms. The van der Waals surface area contributed by atoms with Crippen LogP contribution in [-0.2, 0) is 0 Å². The molecule has 0 spiro atoms. The maximum atomic E-state index is 13.5. The van der Waals surface area contributed by atoms with Crippen molar-refractivity contribution < 1.29 is 28.8 Å². The van der Waals surface area contributed by atoms with Crippen molar-refractivity contribution in [3.8, 4) is 5.88 Å². The number of anilines is 1. The van der Waals surface area contributed by atoms with Gasteiger partial charge in [-0.25, -0.2) is 13.8 Å². The van der Waals surface area contributed by atoms with Gasteiger partial charge < -0.3 is 30.5 Å². The fourth-order valence-corrected chi connectivity index (χ4v) is 2.68. The van der Waals surface area contributed by atoms with Crippen LogP contribution in [0.5, 0.6) is 5.88 Å². The third kappa shape index (κ3) is 5.10. The Hall–Kier alpha value is -2.96. The molecule has 1 aliphatic rings. The lowest BCUT2D eigenvalue weighted by atomic mass is 10.3. The summed E-state index contributed by atoms with van der Waals surface area (Å²) in [4.78, 5) is 13.2. The minimum atomic E-state index is -0.964. The third-order valence-electron chi connectivity index (χ3n) is 4.05. The number of carbonyl (C=O) groups is 1. The topological polar surface area (TPSA) is 157 Å². The number of nitrogens with one attached hydrogen (secondary N) is 3. The average molecular weight is 429 g/mol. The Kier molecular flexibility index (Phi) is 6.46. The summed E-state index contributed by atoms with van der Waals surface area (Å²) in [6.07, 6.45) is -1.93. The summed E-state index contributed by atoms with van der Waals surface area (Å²) in [6, 6.07) is 3.48. The number of ether oxygens (including phenoxy) is 1. The molecule has 2 amide bonds. The summed E-state index contributed by atoms with van der Waals surface area (Å²) in [6.45, 7) is 0.171. The fraction of sp³-hybridized carbons (Fsp3) is 0.375. The molecule has 1 fully saturated rings. The lowest BCUT2D eigenvalue weighted by Gasteiger charge is -2.16. The van der Waals surface area contributed by atoms with E-state index in [4.69, 9.17) is 21.7 Å². The molecule has 2 aromatic rings. The highest BCUT2D eigenvalue weighted by atomic mass is 35.5. The van der Waals surface area contributed by atoms with E-state index in [9.17, 15) is 19.4 Å². The first-order chi connectivity index (χ1) is 13.8. The molecular weight excluding hydrogens is 411 g/mol. The second kappa shape index (κ2) is 9.03. The van der Waals surface area contributed by atoms with Gasteiger partial charge in [-0.2, -0.15) is 0 Å². The van der Waals surface area contributed by atoms with E-state index in [-0.39, 0.29) is 54.4 Å². The van der Waals surface area contributed by atoms with Crippen molar-refractivity contribution in [3.05, 3.63) is 34.7 Å². The van der Waals surface area contributed by atoms with E-state index in [1.165, 1.54) is 17.0 Å². The number of rotatable bonds is 6. The van der Waals surface area contributed by atoms with E-state index in [2.05, 4.69) is 25.6 Å². The Morgan fingerprint density at radius 2 is 2.10 bits per heavy atom. The van der Waals surface area contributed by atoms with Crippen LogP contribution in [0.15, 0.2) is 22.8 Å². The van der Waals surface area contributed by atoms with E-state index >= 15 is 0 Å². The van der Waals surface area contributed by atoms with E-state index in [0.29, 0.717) is 0 Å². The second-order valence-corrected chi connectivity index (χ2v) is 6.57. The van der Waals surface area contributed by atoms with Gasteiger partial charge in [-0.15, -0.1) is 0 Å². The van der Waals surface area contributed by atoms with Crippen molar-refractivity contribution >= 4 is 29.2 Å². The van der Waals surface area contributed by atoms with Crippen molar-refractivity contribution in [2.24, 2.45) is 0 Å². The van der Waals surface area contributed by atoms with Crippen LogP contribution in [0.1, 0.15) is 5.69 Å². The quantitative estimate of drug-likeness (QED) is 0.252. The molecule has 2 atom stereocenters. The lowest BCUT2D eigenvalue weighted by molar-refractivity contribution is 0.0572. The largest absolute Gasteiger partial charge is 0.472 e. The monoisotopic (exact) mass is 428 g/mol. The Balaban J connectivity index is 1.48. The number of urea groups is 1. The Labute approximate surface area is 168 Å². The molecule has 0 saturated carbocycles. The smallest absolute Gasteiger partial charge is 0.317 e. The second-order valence-electron chi connectivity index (χ2n) is 6.17. The van der Waals surface area contributed by atoms with E-state index in [1.807, 2.05) is 0 Å². The molecule has 0 radical (unpaired) electrons. The van der Waals surface area contributed by atoms with Gasteiger partial charge in [0.1, 0.15) is 12.4 Å². The van der Waals surface area contributed by atoms with E-state index < -0.39 is 24.1 Å². The SMILES string of the molecule is N=C(Nc1ccc(Cl)c(F)c1)c1nonc1OCCNC(=O)N1C[C@@H](O)[C@@H](O)C1. The number of likely N-dealkylation sites (tertiary alicyclic amines) is 1. The third-order valence-corrected chi connectivity index (χ3v) is 4.35. The van der Waals surface area contributed by atoms with Crippen molar-refractivity contribution in [1.29, 1.82) is 5.41 Å². The first-order valence-electron chi connectivity index (χ1n) is 8.50. The van der Waals surface area contributed by atoms with Crippen molar-refractivity contribution in [1.82, 2.24) is 20.5 Å². The molecule has 156 valence electrons. The van der Waals surface area contributed by atoms with Crippen LogP contribution >= 0.6 is 11.6 Å². The first kappa shape index (κ1) is 20.8. The summed E-state index contributed by atoms with van der Waals surface area (Å²) in [5, 5.41) is 39.2. The number of amides is 2. The Morgan fingerprint density at radius 1 is 1.38 bits per heavy atom. The molecule has 0 unspecified atom stereocenters. The number of aromatic nitrogens is 2. The molecule has 13 heteroatoms. The Morgan fingerprint density at radius 3 is 2.79 bits per heavy atom. The molecule has 29 heavy (non-hydrogen) atoms. The van der Waals surface area contributed by atoms with Crippen molar-refractivity contribution in [2.75, 3.05) is 31.6 Å². The maximum Gasteiger partial charge on any atom is 0.317 e. The highest BCUT2D eigenvalue weighted by molar-refractivity contribution is 6.30. The van der Waals surface area contributed by atoms with Gasteiger partial charge in [-0.1, -0.05) is 11.6 Å². The molecule has 1 aromatic carbocycles. The number of aliphatic hydroxyl groups excluding tert-OH is 2. The summed E-state index contributed by atoms with van der Waals surface area (Å²) in [5.41, 5.74) is 0.227. The number of carbonyl (C=O) groups excluding carboxylic acids is 1. The maximum absolute atomic E-state index is 13.5. The van der Waals surface area contributed by atoms with Crippen LogP contribution in [0.4, 0.5) is 14.9 Å². The molecule has 11 nitrogen and oxygen atoms in total. The van der Waals surface area contributed by atoms with Gasteiger partial charge in [0, 0.05) is 5.69 Å². The summed E-state index contributed by atoms with van der Waals surface area (Å²) in [5.74, 6) is -0.974. The number of hydrogen-bond donors (Lipinski definition) is 5. The van der Waals surface area contributed by atoms with Crippen LogP contribution in [0.25, 0.3) is 0 Å². The number of aliphatic hydroxyl groups is 2. The number of hydrogen-bond acceptors (Lipinski definition) is 8. The Bertz CT molecular complexity index is 886. The predicted molar refractivity (Wildman–Crippen MR) is 98.6 cm³/mol.